The first-order chi connectivity index (χ1) is 9.01. The summed E-state index contributed by atoms with van der Waals surface area (Å²) in [4.78, 5) is 6.54. The number of anilines is 1. The lowest BCUT2D eigenvalue weighted by molar-refractivity contribution is 0.280. The number of hydrogen-bond donors (Lipinski definition) is 1. The Labute approximate surface area is 113 Å². The monoisotopic (exact) mass is 260 g/mol. The number of aromatic nitrogens is 1. The Morgan fingerprint density at radius 1 is 1.26 bits per heavy atom. The molecule has 0 amide bonds. The SMILES string of the molecule is Cc1cc(C)c(CO)c(N(C)Cc2ccc(C)o2)n1. The zero-order valence-corrected chi connectivity index (χ0v) is 11.9. The average molecular weight is 260 g/mol. The maximum absolute atomic E-state index is 9.52. The van der Waals surface area contributed by atoms with Crippen LogP contribution in [0.3, 0.4) is 0 Å². The van der Waals surface area contributed by atoms with Gasteiger partial charge >= 0.3 is 0 Å². The maximum Gasteiger partial charge on any atom is 0.134 e. The molecule has 2 aromatic heterocycles. The van der Waals surface area contributed by atoms with Crippen molar-refractivity contribution in [2.24, 2.45) is 0 Å². The van der Waals surface area contributed by atoms with E-state index in [1.54, 1.807) is 0 Å². The molecule has 0 aliphatic carbocycles. The largest absolute Gasteiger partial charge is 0.464 e. The Morgan fingerprint density at radius 3 is 2.58 bits per heavy atom. The molecule has 0 saturated carbocycles. The molecule has 0 atom stereocenters. The van der Waals surface area contributed by atoms with Gasteiger partial charge in [-0.2, -0.15) is 0 Å². The zero-order chi connectivity index (χ0) is 14.0. The summed E-state index contributed by atoms with van der Waals surface area (Å²) in [5.41, 5.74) is 2.89. The molecule has 4 nitrogen and oxygen atoms in total. The second-order valence-electron chi connectivity index (χ2n) is 4.91. The molecule has 102 valence electrons. The van der Waals surface area contributed by atoms with Crippen LogP contribution >= 0.6 is 0 Å². The molecule has 1 N–H and O–H groups in total. The Kier molecular flexibility index (Phi) is 3.90. The van der Waals surface area contributed by atoms with Gasteiger partial charge in [-0.1, -0.05) is 0 Å². The fourth-order valence-electron chi connectivity index (χ4n) is 2.23. The van der Waals surface area contributed by atoms with Crippen LogP contribution in [-0.4, -0.2) is 17.1 Å². The molecule has 2 heterocycles. The Morgan fingerprint density at radius 2 is 2.00 bits per heavy atom. The molecular formula is C15H20N2O2. The van der Waals surface area contributed by atoms with Crippen LogP contribution in [0.2, 0.25) is 0 Å². The lowest BCUT2D eigenvalue weighted by atomic mass is 10.1. The van der Waals surface area contributed by atoms with Gasteiger partial charge in [0.05, 0.1) is 13.2 Å². The topological polar surface area (TPSA) is 49.5 Å². The molecule has 0 unspecified atom stereocenters. The zero-order valence-electron chi connectivity index (χ0n) is 11.9. The highest BCUT2D eigenvalue weighted by atomic mass is 16.3. The number of furan rings is 1. The minimum Gasteiger partial charge on any atom is -0.464 e. The van der Waals surface area contributed by atoms with E-state index < -0.39 is 0 Å². The quantitative estimate of drug-likeness (QED) is 0.918. The highest BCUT2D eigenvalue weighted by molar-refractivity contribution is 5.50. The lowest BCUT2D eigenvalue weighted by Gasteiger charge is -2.21. The second kappa shape index (κ2) is 5.45. The normalized spacial score (nSPS) is 10.8. The summed E-state index contributed by atoms with van der Waals surface area (Å²) in [5, 5.41) is 9.52. The van der Waals surface area contributed by atoms with E-state index in [4.69, 9.17) is 4.42 Å². The number of hydrogen-bond acceptors (Lipinski definition) is 4. The van der Waals surface area contributed by atoms with Gasteiger partial charge in [0, 0.05) is 18.3 Å². The predicted molar refractivity (Wildman–Crippen MR) is 75.2 cm³/mol. The van der Waals surface area contributed by atoms with E-state index in [0.29, 0.717) is 6.54 Å². The van der Waals surface area contributed by atoms with Crippen LogP contribution in [0.25, 0.3) is 0 Å². The van der Waals surface area contributed by atoms with Gasteiger partial charge in [-0.05, 0) is 44.5 Å². The first-order valence-corrected chi connectivity index (χ1v) is 6.35. The van der Waals surface area contributed by atoms with E-state index >= 15 is 0 Å². The van der Waals surface area contributed by atoms with E-state index in [0.717, 1.165) is 34.2 Å². The van der Waals surface area contributed by atoms with Crippen molar-refractivity contribution >= 4 is 5.82 Å². The molecule has 0 aromatic carbocycles. The number of pyridine rings is 1. The summed E-state index contributed by atoms with van der Waals surface area (Å²) >= 11 is 0. The van der Waals surface area contributed by atoms with E-state index in [9.17, 15) is 5.11 Å². The summed E-state index contributed by atoms with van der Waals surface area (Å²) < 4.78 is 5.58. The Bertz CT molecular complexity index is 576. The van der Waals surface area contributed by atoms with Crippen LogP contribution in [0, 0.1) is 20.8 Å². The number of aliphatic hydroxyl groups excluding tert-OH is 1. The molecule has 0 bridgehead atoms. The molecule has 2 rings (SSSR count). The Balaban J connectivity index is 2.30. The third-order valence-corrected chi connectivity index (χ3v) is 3.16. The Hall–Kier alpha value is -1.81. The molecule has 19 heavy (non-hydrogen) atoms. The number of nitrogens with zero attached hydrogens (tertiary/aromatic N) is 2. The molecular weight excluding hydrogens is 240 g/mol. The number of aliphatic hydroxyl groups is 1. The highest BCUT2D eigenvalue weighted by Crippen LogP contribution is 2.23. The van der Waals surface area contributed by atoms with Crippen molar-refractivity contribution in [3.8, 4) is 0 Å². The summed E-state index contributed by atoms with van der Waals surface area (Å²) in [6.45, 7) is 6.52. The van der Waals surface area contributed by atoms with Gasteiger partial charge in [0.25, 0.3) is 0 Å². The van der Waals surface area contributed by atoms with Gasteiger partial charge in [0.2, 0.25) is 0 Å². The van der Waals surface area contributed by atoms with Crippen LogP contribution in [-0.2, 0) is 13.2 Å². The molecule has 0 saturated heterocycles. The summed E-state index contributed by atoms with van der Waals surface area (Å²) in [6, 6.07) is 5.90. The van der Waals surface area contributed by atoms with Crippen molar-refractivity contribution in [1.82, 2.24) is 4.98 Å². The first kappa shape index (κ1) is 13.6. The molecule has 0 radical (unpaired) electrons. The van der Waals surface area contributed by atoms with Crippen molar-refractivity contribution in [3.63, 3.8) is 0 Å². The number of rotatable bonds is 4. The summed E-state index contributed by atoms with van der Waals surface area (Å²) in [6.07, 6.45) is 0. The van der Waals surface area contributed by atoms with E-state index in [1.165, 1.54) is 0 Å². The van der Waals surface area contributed by atoms with Crippen molar-refractivity contribution < 1.29 is 9.52 Å². The van der Waals surface area contributed by atoms with Crippen molar-refractivity contribution in [2.75, 3.05) is 11.9 Å². The predicted octanol–water partition coefficient (Wildman–Crippen LogP) is 2.73. The van der Waals surface area contributed by atoms with E-state index in [-0.39, 0.29) is 6.61 Å². The van der Waals surface area contributed by atoms with E-state index in [2.05, 4.69) is 4.98 Å². The fraction of sp³-hybridized carbons (Fsp3) is 0.400. The smallest absolute Gasteiger partial charge is 0.134 e. The standard InChI is InChI=1S/C15H20N2O2/c1-10-7-11(2)16-15(14(10)9-18)17(4)8-13-6-5-12(3)19-13/h5-7,18H,8-9H2,1-4H3. The third kappa shape index (κ3) is 2.96. The van der Waals surface area contributed by atoms with Gasteiger partial charge in [0.1, 0.15) is 17.3 Å². The van der Waals surface area contributed by atoms with Crippen LogP contribution in [0.4, 0.5) is 5.82 Å². The van der Waals surface area contributed by atoms with Crippen LogP contribution < -0.4 is 4.90 Å². The second-order valence-corrected chi connectivity index (χ2v) is 4.91. The molecule has 4 heteroatoms. The summed E-state index contributed by atoms with van der Waals surface area (Å²) in [5.74, 6) is 2.61. The van der Waals surface area contributed by atoms with Crippen molar-refractivity contribution in [3.05, 3.63) is 46.5 Å². The fourth-order valence-corrected chi connectivity index (χ4v) is 2.23. The minimum atomic E-state index is -0.00400. The van der Waals surface area contributed by atoms with Gasteiger partial charge in [-0.15, -0.1) is 0 Å². The molecule has 0 fully saturated rings. The average Bonchev–Trinajstić information content (AvgIpc) is 2.73. The molecule has 0 aliphatic heterocycles. The summed E-state index contributed by atoms with van der Waals surface area (Å²) in [7, 11) is 1.96. The minimum absolute atomic E-state index is 0.00400. The molecule has 0 spiro atoms. The first-order valence-electron chi connectivity index (χ1n) is 6.35. The van der Waals surface area contributed by atoms with Gasteiger partial charge in [0.15, 0.2) is 0 Å². The van der Waals surface area contributed by atoms with Gasteiger partial charge in [-0.25, -0.2) is 4.98 Å². The maximum atomic E-state index is 9.52. The third-order valence-electron chi connectivity index (χ3n) is 3.16. The van der Waals surface area contributed by atoms with Crippen LogP contribution in [0.5, 0.6) is 0 Å². The van der Waals surface area contributed by atoms with Crippen molar-refractivity contribution in [2.45, 2.75) is 33.9 Å². The molecule has 0 aliphatic rings. The highest BCUT2D eigenvalue weighted by Gasteiger charge is 2.13. The van der Waals surface area contributed by atoms with Crippen LogP contribution in [0.1, 0.15) is 28.3 Å². The molecule has 2 aromatic rings. The van der Waals surface area contributed by atoms with Crippen molar-refractivity contribution in [1.29, 1.82) is 0 Å². The number of aryl methyl sites for hydroxylation is 3. The van der Waals surface area contributed by atoms with Gasteiger partial charge < -0.3 is 14.4 Å². The van der Waals surface area contributed by atoms with Gasteiger partial charge in [-0.3, -0.25) is 0 Å². The van der Waals surface area contributed by atoms with Crippen LogP contribution in [0.15, 0.2) is 22.6 Å². The van der Waals surface area contributed by atoms with E-state index in [1.807, 2.05) is 50.9 Å². The lowest BCUT2D eigenvalue weighted by Crippen LogP contribution is -2.20.